The number of carbonyl (C=O) groups excluding carboxylic acids is 2. The van der Waals surface area contributed by atoms with Gasteiger partial charge in [0.05, 0.1) is 6.61 Å². The number of esters is 2. The first kappa shape index (κ1) is 25.0. The zero-order chi connectivity index (χ0) is 21.0. The fraction of sp³-hybridized carbons (Fsp3) is 0.667. The molecule has 0 atom stereocenters. The summed E-state index contributed by atoms with van der Waals surface area (Å²) in [6.07, 6.45) is 11.4. The highest BCUT2D eigenvalue weighted by atomic mass is 16.6. The highest BCUT2D eigenvalue weighted by molar-refractivity contribution is 5.69. The second-order valence-electron chi connectivity index (χ2n) is 7.28. The highest BCUT2D eigenvalue weighted by Gasteiger charge is 2.04. The minimum atomic E-state index is -0.164. The third-order valence-electron chi connectivity index (χ3n) is 4.63. The van der Waals surface area contributed by atoms with E-state index < -0.39 is 0 Å². The van der Waals surface area contributed by atoms with Gasteiger partial charge in [-0.3, -0.25) is 9.59 Å². The molecule has 0 saturated carbocycles. The lowest BCUT2D eigenvalue weighted by Gasteiger charge is -2.07. The van der Waals surface area contributed by atoms with E-state index in [-0.39, 0.29) is 18.5 Å². The summed E-state index contributed by atoms with van der Waals surface area (Å²) >= 11 is 0. The molecule has 0 amide bonds. The van der Waals surface area contributed by atoms with Gasteiger partial charge in [0.2, 0.25) is 0 Å². The van der Waals surface area contributed by atoms with Crippen LogP contribution >= 0.6 is 0 Å². The van der Waals surface area contributed by atoms with Crippen LogP contribution in [0, 0.1) is 0 Å². The Hall–Kier alpha value is -2.04. The molecule has 5 nitrogen and oxygen atoms in total. The van der Waals surface area contributed by atoms with E-state index >= 15 is 0 Å². The van der Waals surface area contributed by atoms with Crippen molar-refractivity contribution in [2.45, 2.75) is 84.0 Å². The maximum atomic E-state index is 11.7. The summed E-state index contributed by atoms with van der Waals surface area (Å²) in [7, 11) is 0. The first-order valence-electron chi connectivity index (χ1n) is 11.2. The number of hydrogen-bond acceptors (Lipinski definition) is 5. The molecule has 5 heteroatoms. The maximum Gasteiger partial charge on any atom is 0.305 e. The fourth-order valence-electron chi connectivity index (χ4n) is 2.94. The van der Waals surface area contributed by atoms with Crippen molar-refractivity contribution in [3.8, 4) is 5.75 Å². The van der Waals surface area contributed by atoms with Gasteiger partial charge in [-0.2, -0.15) is 0 Å². The third kappa shape index (κ3) is 15.5. The van der Waals surface area contributed by atoms with Crippen LogP contribution in [0.4, 0.5) is 0 Å². The molecule has 0 saturated heterocycles. The Kier molecular flexibility index (Phi) is 15.5. The molecule has 0 N–H and O–H groups in total. The SMILES string of the molecule is CCCCCCOC(=O)CCCCCCCCC(=O)OCCOc1ccccc1. The Morgan fingerprint density at radius 3 is 1.83 bits per heavy atom. The van der Waals surface area contributed by atoms with Crippen LogP contribution in [0.1, 0.15) is 84.0 Å². The number of benzene rings is 1. The average molecular weight is 407 g/mol. The molecule has 0 heterocycles. The Balaban J connectivity index is 1.83. The van der Waals surface area contributed by atoms with Crippen LogP contribution in [0.25, 0.3) is 0 Å². The van der Waals surface area contributed by atoms with Crippen molar-refractivity contribution in [1.29, 1.82) is 0 Å². The van der Waals surface area contributed by atoms with Crippen LogP contribution in [-0.2, 0) is 19.1 Å². The van der Waals surface area contributed by atoms with Crippen molar-refractivity contribution in [3.63, 3.8) is 0 Å². The van der Waals surface area contributed by atoms with Crippen LogP contribution in [-0.4, -0.2) is 31.8 Å². The van der Waals surface area contributed by atoms with Crippen LogP contribution in [0.3, 0.4) is 0 Å². The van der Waals surface area contributed by atoms with Gasteiger partial charge in [-0.15, -0.1) is 0 Å². The van der Waals surface area contributed by atoms with Gasteiger partial charge in [0.15, 0.2) is 0 Å². The van der Waals surface area contributed by atoms with Gasteiger partial charge in [0.25, 0.3) is 0 Å². The topological polar surface area (TPSA) is 61.8 Å². The minimum absolute atomic E-state index is 0.0690. The molecular formula is C24H38O5. The first-order valence-corrected chi connectivity index (χ1v) is 11.2. The van der Waals surface area contributed by atoms with Crippen molar-refractivity contribution in [1.82, 2.24) is 0 Å². The molecule has 0 aliphatic carbocycles. The molecule has 0 spiro atoms. The van der Waals surface area contributed by atoms with Gasteiger partial charge in [-0.1, -0.05) is 70.1 Å². The Morgan fingerprint density at radius 1 is 0.655 bits per heavy atom. The minimum Gasteiger partial charge on any atom is -0.490 e. The molecule has 0 bridgehead atoms. The number of para-hydroxylation sites is 1. The summed E-state index contributed by atoms with van der Waals surface area (Å²) in [4.78, 5) is 23.3. The van der Waals surface area contributed by atoms with E-state index in [2.05, 4.69) is 6.92 Å². The number of ether oxygens (including phenoxy) is 3. The molecule has 1 aromatic carbocycles. The lowest BCUT2D eigenvalue weighted by molar-refractivity contribution is -0.145. The van der Waals surface area contributed by atoms with Crippen molar-refractivity contribution < 1.29 is 23.8 Å². The largest absolute Gasteiger partial charge is 0.490 e. The summed E-state index contributed by atoms with van der Waals surface area (Å²) in [5.74, 6) is 0.549. The highest BCUT2D eigenvalue weighted by Crippen LogP contribution is 2.10. The number of hydrogen-bond donors (Lipinski definition) is 0. The predicted molar refractivity (Wildman–Crippen MR) is 115 cm³/mol. The Labute approximate surface area is 176 Å². The Bertz CT molecular complexity index is 529. The van der Waals surface area contributed by atoms with Crippen molar-refractivity contribution in [2.75, 3.05) is 19.8 Å². The molecule has 0 aliphatic heterocycles. The van der Waals surface area contributed by atoms with Gasteiger partial charge < -0.3 is 14.2 Å². The molecule has 1 aromatic rings. The van der Waals surface area contributed by atoms with Crippen molar-refractivity contribution in [2.24, 2.45) is 0 Å². The predicted octanol–water partition coefficient (Wildman–Crippen LogP) is 5.85. The standard InChI is InChI=1S/C24H38O5/c1-2-3-4-14-19-28-23(25)17-12-7-5-6-8-13-18-24(26)29-21-20-27-22-15-10-9-11-16-22/h9-11,15-16H,2-8,12-14,17-21H2,1H3. The number of carbonyl (C=O) groups is 2. The molecule has 0 aromatic heterocycles. The van der Waals surface area contributed by atoms with Crippen LogP contribution < -0.4 is 4.74 Å². The lowest BCUT2D eigenvalue weighted by Crippen LogP contribution is -2.11. The van der Waals surface area contributed by atoms with E-state index in [1.807, 2.05) is 30.3 Å². The second kappa shape index (κ2) is 18.0. The van der Waals surface area contributed by atoms with E-state index in [4.69, 9.17) is 14.2 Å². The summed E-state index contributed by atoms with van der Waals surface area (Å²) in [5, 5.41) is 0. The van der Waals surface area contributed by atoms with Gasteiger partial charge in [-0.05, 0) is 31.4 Å². The van der Waals surface area contributed by atoms with Gasteiger partial charge in [0, 0.05) is 12.8 Å². The normalized spacial score (nSPS) is 10.5. The molecule has 0 radical (unpaired) electrons. The smallest absolute Gasteiger partial charge is 0.305 e. The maximum absolute atomic E-state index is 11.7. The lowest BCUT2D eigenvalue weighted by atomic mass is 10.1. The third-order valence-corrected chi connectivity index (χ3v) is 4.63. The Morgan fingerprint density at radius 2 is 1.21 bits per heavy atom. The van der Waals surface area contributed by atoms with Crippen LogP contribution in [0.2, 0.25) is 0 Å². The summed E-state index contributed by atoms with van der Waals surface area (Å²) in [6.45, 7) is 3.38. The quantitative estimate of drug-likeness (QED) is 0.226. The van der Waals surface area contributed by atoms with Gasteiger partial charge >= 0.3 is 11.9 Å². The van der Waals surface area contributed by atoms with E-state index in [0.29, 0.717) is 26.1 Å². The van der Waals surface area contributed by atoms with E-state index in [1.165, 1.54) is 12.8 Å². The van der Waals surface area contributed by atoms with E-state index in [9.17, 15) is 9.59 Å². The average Bonchev–Trinajstić information content (AvgIpc) is 2.73. The van der Waals surface area contributed by atoms with Crippen LogP contribution in [0.5, 0.6) is 5.75 Å². The van der Waals surface area contributed by atoms with Crippen molar-refractivity contribution in [3.05, 3.63) is 30.3 Å². The van der Waals surface area contributed by atoms with Gasteiger partial charge in [0.1, 0.15) is 19.0 Å². The summed E-state index contributed by atoms with van der Waals surface area (Å²) < 4.78 is 15.9. The molecule has 0 unspecified atom stereocenters. The zero-order valence-electron chi connectivity index (χ0n) is 18.0. The molecule has 0 aliphatic rings. The number of rotatable bonds is 18. The fourth-order valence-corrected chi connectivity index (χ4v) is 2.94. The first-order chi connectivity index (χ1) is 14.2. The molecule has 29 heavy (non-hydrogen) atoms. The zero-order valence-corrected chi connectivity index (χ0v) is 18.0. The van der Waals surface area contributed by atoms with Crippen LogP contribution in [0.15, 0.2) is 30.3 Å². The van der Waals surface area contributed by atoms with E-state index in [0.717, 1.165) is 57.1 Å². The van der Waals surface area contributed by atoms with E-state index in [1.54, 1.807) is 0 Å². The molecular weight excluding hydrogens is 368 g/mol. The number of unbranched alkanes of at least 4 members (excludes halogenated alkanes) is 8. The second-order valence-corrected chi connectivity index (χ2v) is 7.28. The molecule has 1 rings (SSSR count). The summed E-state index contributed by atoms with van der Waals surface area (Å²) in [5.41, 5.74) is 0. The van der Waals surface area contributed by atoms with Gasteiger partial charge in [-0.25, -0.2) is 0 Å². The molecule has 0 fully saturated rings. The molecule has 164 valence electrons. The monoisotopic (exact) mass is 406 g/mol. The van der Waals surface area contributed by atoms with Crippen molar-refractivity contribution >= 4 is 11.9 Å². The summed E-state index contributed by atoms with van der Waals surface area (Å²) in [6, 6.07) is 9.49.